The van der Waals surface area contributed by atoms with Gasteiger partial charge < -0.3 is 20.5 Å². The molecule has 3 rings (SSSR count). The van der Waals surface area contributed by atoms with Crippen molar-refractivity contribution in [3.63, 3.8) is 0 Å². The number of nitrogens with one attached hydrogen (secondary N) is 1. The van der Waals surface area contributed by atoms with E-state index in [-0.39, 0.29) is 35.2 Å². The Morgan fingerprint density at radius 2 is 1.78 bits per heavy atom. The summed E-state index contributed by atoms with van der Waals surface area (Å²) >= 11 is 0. The Kier molecular flexibility index (Phi) is 7.29. The van der Waals surface area contributed by atoms with Gasteiger partial charge in [0.15, 0.2) is 17.5 Å². The van der Waals surface area contributed by atoms with Gasteiger partial charge in [-0.2, -0.15) is 0 Å². The van der Waals surface area contributed by atoms with Crippen LogP contribution in [0.1, 0.15) is 25.8 Å². The van der Waals surface area contributed by atoms with E-state index in [0.717, 1.165) is 23.4 Å². The number of guanidine groups is 1. The Morgan fingerprint density at radius 1 is 1.11 bits per heavy atom. The molecule has 0 amide bonds. The highest BCUT2D eigenvalue weighted by Crippen LogP contribution is 2.32. The maximum atomic E-state index is 13.1. The SMILES string of the molecule is CC(C)(CN=C(N)Nc1ccc2c(c1)OCCCO2)c1ccc(F)cc1.I. The lowest BCUT2D eigenvalue weighted by atomic mass is 9.85. The normalized spacial score (nSPS) is 14.1. The molecule has 0 unspecified atom stereocenters. The Morgan fingerprint density at radius 3 is 2.48 bits per heavy atom. The molecule has 3 N–H and O–H groups in total. The van der Waals surface area contributed by atoms with Crippen LogP contribution in [0.4, 0.5) is 10.1 Å². The van der Waals surface area contributed by atoms with Crippen molar-refractivity contribution >= 4 is 35.6 Å². The third-order valence-electron chi connectivity index (χ3n) is 4.29. The first-order valence-corrected chi connectivity index (χ1v) is 8.67. The number of fused-ring (bicyclic) bond motifs is 1. The number of halogens is 2. The van der Waals surface area contributed by atoms with Crippen LogP contribution in [0.3, 0.4) is 0 Å². The van der Waals surface area contributed by atoms with Crippen molar-refractivity contribution in [1.82, 2.24) is 0 Å². The van der Waals surface area contributed by atoms with Gasteiger partial charge in [0.1, 0.15) is 5.82 Å². The molecular weight excluding hydrogens is 460 g/mol. The van der Waals surface area contributed by atoms with Gasteiger partial charge in [0, 0.05) is 23.6 Å². The summed E-state index contributed by atoms with van der Waals surface area (Å²) in [7, 11) is 0. The molecule has 1 aliphatic heterocycles. The molecule has 2 aromatic carbocycles. The van der Waals surface area contributed by atoms with Crippen molar-refractivity contribution in [2.75, 3.05) is 25.1 Å². The van der Waals surface area contributed by atoms with E-state index in [0.29, 0.717) is 31.5 Å². The summed E-state index contributed by atoms with van der Waals surface area (Å²) in [5.74, 6) is 1.51. The molecule has 0 aliphatic carbocycles. The van der Waals surface area contributed by atoms with Gasteiger partial charge in [-0.15, -0.1) is 24.0 Å². The number of hydrogen-bond acceptors (Lipinski definition) is 3. The molecule has 0 fully saturated rings. The van der Waals surface area contributed by atoms with Crippen molar-refractivity contribution in [2.45, 2.75) is 25.7 Å². The van der Waals surface area contributed by atoms with Gasteiger partial charge in [-0.3, -0.25) is 4.99 Å². The Labute approximate surface area is 176 Å². The number of nitrogens with two attached hydrogens (primary N) is 1. The van der Waals surface area contributed by atoms with Gasteiger partial charge >= 0.3 is 0 Å². The molecule has 2 aromatic rings. The van der Waals surface area contributed by atoms with Crippen LogP contribution in [0.15, 0.2) is 47.5 Å². The molecule has 0 bridgehead atoms. The molecule has 0 atom stereocenters. The first kappa shape index (κ1) is 21.3. The van der Waals surface area contributed by atoms with Crippen molar-refractivity contribution in [3.05, 3.63) is 53.8 Å². The number of benzene rings is 2. The van der Waals surface area contributed by atoms with Gasteiger partial charge in [0.2, 0.25) is 0 Å². The lowest BCUT2D eigenvalue weighted by Crippen LogP contribution is -2.27. The predicted octanol–water partition coefficient (Wildman–Crippen LogP) is 4.31. The smallest absolute Gasteiger partial charge is 0.193 e. The zero-order valence-electron chi connectivity index (χ0n) is 15.5. The first-order chi connectivity index (χ1) is 12.4. The molecule has 7 heteroatoms. The van der Waals surface area contributed by atoms with E-state index in [4.69, 9.17) is 15.2 Å². The minimum absolute atomic E-state index is 0. The summed E-state index contributed by atoms with van der Waals surface area (Å²) in [6.45, 7) is 5.85. The molecule has 1 aliphatic rings. The van der Waals surface area contributed by atoms with Crippen LogP contribution < -0.4 is 20.5 Å². The Hall–Kier alpha value is -2.03. The monoisotopic (exact) mass is 485 g/mol. The third kappa shape index (κ3) is 5.72. The van der Waals surface area contributed by atoms with Crippen LogP contribution in [0, 0.1) is 5.82 Å². The number of nitrogens with zero attached hydrogens (tertiary/aromatic N) is 1. The molecule has 0 aromatic heterocycles. The second-order valence-corrected chi connectivity index (χ2v) is 6.93. The summed E-state index contributed by atoms with van der Waals surface area (Å²) in [6, 6.07) is 12.1. The largest absolute Gasteiger partial charge is 0.490 e. The zero-order valence-corrected chi connectivity index (χ0v) is 17.8. The first-order valence-electron chi connectivity index (χ1n) is 8.67. The van der Waals surface area contributed by atoms with E-state index >= 15 is 0 Å². The van der Waals surface area contributed by atoms with Gasteiger partial charge in [-0.05, 0) is 29.8 Å². The highest BCUT2D eigenvalue weighted by atomic mass is 127. The molecule has 1 heterocycles. The van der Waals surface area contributed by atoms with Crippen molar-refractivity contribution in [1.29, 1.82) is 0 Å². The minimum Gasteiger partial charge on any atom is -0.490 e. The van der Waals surface area contributed by atoms with E-state index in [1.54, 1.807) is 12.1 Å². The van der Waals surface area contributed by atoms with Crippen LogP contribution in [-0.4, -0.2) is 25.7 Å². The molecule has 5 nitrogen and oxygen atoms in total. The van der Waals surface area contributed by atoms with E-state index in [9.17, 15) is 4.39 Å². The molecule has 0 saturated carbocycles. The van der Waals surface area contributed by atoms with Crippen molar-refractivity contribution < 1.29 is 13.9 Å². The highest BCUT2D eigenvalue weighted by Gasteiger charge is 2.20. The number of hydrogen-bond donors (Lipinski definition) is 2. The Bertz CT molecular complexity index is 794. The minimum atomic E-state index is -0.259. The maximum Gasteiger partial charge on any atom is 0.193 e. The van der Waals surface area contributed by atoms with Crippen LogP contribution in [0.25, 0.3) is 0 Å². The zero-order chi connectivity index (χ0) is 18.6. The van der Waals surface area contributed by atoms with Crippen molar-refractivity contribution in [3.8, 4) is 11.5 Å². The third-order valence-corrected chi connectivity index (χ3v) is 4.29. The summed E-state index contributed by atoms with van der Waals surface area (Å²) in [4.78, 5) is 4.44. The van der Waals surface area contributed by atoms with Crippen molar-refractivity contribution in [2.24, 2.45) is 10.7 Å². The highest BCUT2D eigenvalue weighted by molar-refractivity contribution is 14.0. The molecule has 0 radical (unpaired) electrons. The van der Waals surface area contributed by atoms with E-state index in [1.165, 1.54) is 12.1 Å². The summed E-state index contributed by atoms with van der Waals surface area (Å²) in [5.41, 5.74) is 7.56. The van der Waals surface area contributed by atoms with Gasteiger partial charge in [-0.25, -0.2) is 4.39 Å². The predicted molar refractivity (Wildman–Crippen MR) is 117 cm³/mol. The number of aliphatic imine (C=N–C) groups is 1. The summed E-state index contributed by atoms with van der Waals surface area (Å²) in [6.07, 6.45) is 0.861. The standard InChI is InChI=1S/C20H24FN3O2.HI/c1-20(2,14-4-6-15(21)7-5-14)13-23-19(22)24-16-8-9-17-18(12-16)26-11-3-10-25-17;/h4-9,12H,3,10-11,13H2,1-2H3,(H3,22,23,24);1H. The van der Waals surface area contributed by atoms with E-state index in [1.807, 2.05) is 32.0 Å². The van der Waals surface area contributed by atoms with E-state index < -0.39 is 0 Å². The molecule has 0 spiro atoms. The molecular formula is C20H25FIN3O2. The van der Waals surface area contributed by atoms with Gasteiger partial charge in [0.05, 0.1) is 19.8 Å². The second kappa shape index (κ2) is 9.25. The second-order valence-electron chi connectivity index (χ2n) is 6.93. The fourth-order valence-electron chi connectivity index (χ4n) is 2.70. The topological polar surface area (TPSA) is 68.9 Å². The molecule has 146 valence electrons. The number of ether oxygens (including phenoxy) is 2. The molecule has 27 heavy (non-hydrogen) atoms. The lowest BCUT2D eigenvalue weighted by Gasteiger charge is -2.23. The Balaban J connectivity index is 0.00000261. The summed E-state index contributed by atoms with van der Waals surface area (Å²) < 4.78 is 24.4. The average Bonchev–Trinajstić information content (AvgIpc) is 2.85. The number of anilines is 1. The van der Waals surface area contributed by atoms with Crippen LogP contribution in [-0.2, 0) is 5.41 Å². The van der Waals surface area contributed by atoms with Crippen LogP contribution in [0.5, 0.6) is 11.5 Å². The fourth-order valence-corrected chi connectivity index (χ4v) is 2.70. The average molecular weight is 485 g/mol. The summed E-state index contributed by atoms with van der Waals surface area (Å²) in [5, 5.41) is 3.08. The van der Waals surface area contributed by atoms with E-state index in [2.05, 4.69) is 10.3 Å². The van der Waals surface area contributed by atoms with Crippen LogP contribution >= 0.6 is 24.0 Å². The fraction of sp³-hybridized carbons (Fsp3) is 0.350. The maximum absolute atomic E-state index is 13.1. The quantitative estimate of drug-likeness (QED) is 0.385. The van der Waals surface area contributed by atoms with Gasteiger partial charge in [0.25, 0.3) is 0 Å². The number of rotatable bonds is 4. The molecule has 0 saturated heterocycles. The lowest BCUT2D eigenvalue weighted by molar-refractivity contribution is 0.297. The van der Waals surface area contributed by atoms with Crippen LogP contribution in [0.2, 0.25) is 0 Å². The van der Waals surface area contributed by atoms with Gasteiger partial charge in [-0.1, -0.05) is 26.0 Å².